The normalized spacial score (nSPS) is 10.4. The maximum Gasteiger partial charge on any atom is 0.255 e. The average Bonchev–Trinajstić information content (AvgIpc) is 2.35. The SMILES string of the molecule is Cc1ccc(C(=O)Nc2cc(Cl)c(Cl)cc2Cl)c(C)c1. The summed E-state index contributed by atoms with van der Waals surface area (Å²) in [6.45, 7) is 3.86. The molecule has 0 unspecified atom stereocenters. The van der Waals surface area contributed by atoms with Crippen molar-refractivity contribution < 1.29 is 4.79 Å². The smallest absolute Gasteiger partial charge is 0.255 e. The number of hydrogen-bond donors (Lipinski definition) is 1. The third-order valence-electron chi connectivity index (χ3n) is 2.88. The largest absolute Gasteiger partial charge is 0.321 e. The van der Waals surface area contributed by atoms with E-state index in [9.17, 15) is 4.79 Å². The number of nitrogens with one attached hydrogen (secondary N) is 1. The van der Waals surface area contributed by atoms with E-state index in [0.29, 0.717) is 26.3 Å². The second-order valence-electron chi connectivity index (χ2n) is 4.52. The van der Waals surface area contributed by atoms with E-state index in [1.807, 2.05) is 26.0 Å². The maximum absolute atomic E-state index is 12.2. The average molecular weight is 329 g/mol. The van der Waals surface area contributed by atoms with Gasteiger partial charge in [-0.05, 0) is 37.6 Å². The van der Waals surface area contributed by atoms with Crippen LogP contribution in [-0.4, -0.2) is 5.91 Å². The van der Waals surface area contributed by atoms with Crippen LogP contribution in [0.3, 0.4) is 0 Å². The Morgan fingerprint density at radius 1 is 0.950 bits per heavy atom. The lowest BCUT2D eigenvalue weighted by atomic mass is 10.1. The lowest BCUT2D eigenvalue weighted by molar-refractivity contribution is 0.102. The minimum atomic E-state index is -0.234. The summed E-state index contributed by atoms with van der Waals surface area (Å²) in [6, 6.07) is 8.66. The fourth-order valence-corrected chi connectivity index (χ4v) is 2.47. The zero-order valence-corrected chi connectivity index (χ0v) is 13.2. The summed E-state index contributed by atoms with van der Waals surface area (Å²) in [5, 5.41) is 3.77. The molecule has 2 nitrogen and oxygen atoms in total. The Bertz CT molecular complexity index is 683. The van der Waals surface area contributed by atoms with E-state index in [0.717, 1.165) is 11.1 Å². The third kappa shape index (κ3) is 3.26. The zero-order valence-electron chi connectivity index (χ0n) is 10.9. The highest BCUT2D eigenvalue weighted by Crippen LogP contribution is 2.32. The van der Waals surface area contributed by atoms with Gasteiger partial charge >= 0.3 is 0 Å². The number of carbonyl (C=O) groups excluding carboxylic acids is 1. The fraction of sp³-hybridized carbons (Fsp3) is 0.133. The van der Waals surface area contributed by atoms with Gasteiger partial charge in [-0.25, -0.2) is 0 Å². The van der Waals surface area contributed by atoms with Gasteiger partial charge in [0, 0.05) is 5.56 Å². The fourth-order valence-electron chi connectivity index (χ4n) is 1.88. The molecule has 20 heavy (non-hydrogen) atoms. The number of aryl methyl sites for hydroxylation is 2. The summed E-state index contributed by atoms with van der Waals surface area (Å²) in [4.78, 5) is 12.2. The Morgan fingerprint density at radius 3 is 2.25 bits per heavy atom. The molecule has 0 bridgehead atoms. The van der Waals surface area contributed by atoms with Crippen LogP contribution in [0.2, 0.25) is 15.1 Å². The molecule has 104 valence electrons. The number of carbonyl (C=O) groups is 1. The van der Waals surface area contributed by atoms with Crippen LogP contribution in [0.25, 0.3) is 0 Å². The first kappa shape index (κ1) is 15.2. The maximum atomic E-state index is 12.2. The van der Waals surface area contributed by atoms with Gasteiger partial charge in [0.05, 0.1) is 20.8 Å². The molecular formula is C15H12Cl3NO. The summed E-state index contributed by atoms with van der Waals surface area (Å²) in [5.41, 5.74) is 3.04. The molecule has 0 aliphatic carbocycles. The molecular weight excluding hydrogens is 317 g/mol. The number of halogens is 3. The highest BCUT2D eigenvalue weighted by Gasteiger charge is 2.12. The van der Waals surface area contributed by atoms with Crippen molar-refractivity contribution in [2.24, 2.45) is 0 Å². The molecule has 0 saturated carbocycles. The first-order valence-electron chi connectivity index (χ1n) is 5.91. The molecule has 5 heteroatoms. The van der Waals surface area contributed by atoms with Gasteiger partial charge in [0.25, 0.3) is 5.91 Å². The van der Waals surface area contributed by atoms with Crippen molar-refractivity contribution in [1.29, 1.82) is 0 Å². The van der Waals surface area contributed by atoms with Crippen molar-refractivity contribution in [3.8, 4) is 0 Å². The van der Waals surface area contributed by atoms with Crippen LogP contribution >= 0.6 is 34.8 Å². The standard InChI is InChI=1S/C15H12Cl3NO/c1-8-3-4-10(9(2)5-8)15(20)19-14-7-12(17)11(16)6-13(14)18/h3-7H,1-2H3,(H,19,20). The predicted molar refractivity (Wildman–Crippen MR) is 85.3 cm³/mol. The molecule has 0 aliphatic heterocycles. The lowest BCUT2D eigenvalue weighted by Gasteiger charge is -2.10. The number of amides is 1. The zero-order chi connectivity index (χ0) is 14.9. The van der Waals surface area contributed by atoms with E-state index in [1.54, 1.807) is 6.07 Å². The van der Waals surface area contributed by atoms with Crippen LogP contribution in [0.4, 0.5) is 5.69 Å². The van der Waals surface area contributed by atoms with Gasteiger partial charge in [0.15, 0.2) is 0 Å². The Hall–Kier alpha value is -1.22. The molecule has 0 heterocycles. The minimum Gasteiger partial charge on any atom is -0.321 e. The monoisotopic (exact) mass is 327 g/mol. The molecule has 2 aromatic carbocycles. The number of benzene rings is 2. The van der Waals surface area contributed by atoms with E-state index >= 15 is 0 Å². The van der Waals surface area contributed by atoms with Crippen LogP contribution in [0.1, 0.15) is 21.5 Å². The third-order valence-corrected chi connectivity index (χ3v) is 3.92. The predicted octanol–water partition coefficient (Wildman–Crippen LogP) is 5.52. The quantitative estimate of drug-likeness (QED) is 0.723. The molecule has 0 aliphatic rings. The number of hydrogen-bond acceptors (Lipinski definition) is 1. The molecule has 2 rings (SSSR count). The number of rotatable bonds is 2. The van der Waals surface area contributed by atoms with Crippen molar-refractivity contribution in [3.63, 3.8) is 0 Å². The second-order valence-corrected chi connectivity index (χ2v) is 5.74. The molecule has 0 spiro atoms. The minimum absolute atomic E-state index is 0.234. The molecule has 0 aromatic heterocycles. The van der Waals surface area contributed by atoms with Crippen molar-refractivity contribution in [1.82, 2.24) is 0 Å². The van der Waals surface area contributed by atoms with Gasteiger partial charge in [-0.3, -0.25) is 4.79 Å². The topological polar surface area (TPSA) is 29.1 Å². The summed E-state index contributed by atoms with van der Waals surface area (Å²) >= 11 is 17.8. The Morgan fingerprint density at radius 2 is 1.60 bits per heavy atom. The molecule has 1 N–H and O–H groups in total. The first-order valence-corrected chi connectivity index (χ1v) is 7.05. The Kier molecular flexibility index (Phi) is 4.59. The van der Waals surface area contributed by atoms with Crippen molar-refractivity contribution in [3.05, 3.63) is 62.1 Å². The molecule has 0 atom stereocenters. The van der Waals surface area contributed by atoms with Crippen LogP contribution in [0.5, 0.6) is 0 Å². The van der Waals surface area contributed by atoms with E-state index < -0.39 is 0 Å². The van der Waals surface area contributed by atoms with E-state index in [-0.39, 0.29) is 5.91 Å². The van der Waals surface area contributed by atoms with Crippen LogP contribution in [0, 0.1) is 13.8 Å². The Labute approximate surface area is 132 Å². The summed E-state index contributed by atoms with van der Waals surface area (Å²) in [5.74, 6) is -0.234. The molecule has 1 amide bonds. The van der Waals surface area contributed by atoms with Crippen LogP contribution < -0.4 is 5.32 Å². The second kappa shape index (κ2) is 6.04. The summed E-state index contributed by atoms with van der Waals surface area (Å²) in [7, 11) is 0. The molecule has 0 saturated heterocycles. The van der Waals surface area contributed by atoms with Crippen molar-refractivity contribution in [2.75, 3.05) is 5.32 Å². The highest BCUT2D eigenvalue weighted by atomic mass is 35.5. The molecule has 2 aromatic rings. The Balaban J connectivity index is 2.30. The first-order chi connectivity index (χ1) is 9.38. The van der Waals surface area contributed by atoms with E-state index in [4.69, 9.17) is 34.8 Å². The number of anilines is 1. The van der Waals surface area contributed by atoms with Gasteiger partial charge in [0.2, 0.25) is 0 Å². The summed E-state index contributed by atoms with van der Waals surface area (Å²) < 4.78 is 0. The van der Waals surface area contributed by atoms with Crippen LogP contribution in [0.15, 0.2) is 30.3 Å². The lowest BCUT2D eigenvalue weighted by Crippen LogP contribution is -2.13. The van der Waals surface area contributed by atoms with Gasteiger partial charge in [-0.2, -0.15) is 0 Å². The van der Waals surface area contributed by atoms with E-state index in [2.05, 4.69) is 5.32 Å². The van der Waals surface area contributed by atoms with Gasteiger partial charge < -0.3 is 5.32 Å². The van der Waals surface area contributed by atoms with Crippen molar-refractivity contribution >= 4 is 46.4 Å². The van der Waals surface area contributed by atoms with Gasteiger partial charge in [0.1, 0.15) is 0 Å². The van der Waals surface area contributed by atoms with E-state index in [1.165, 1.54) is 12.1 Å². The van der Waals surface area contributed by atoms with Gasteiger partial charge in [-0.1, -0.05) is 52.5 Å². The molecule has 0 fully saturated rings. The van der Waals surface area contributed by atoms with Gasteiger partial charge in [-0.15, -0.1) is 0 Å². The van der Waals surface area contributed by atoms with Crippen LogP contribution in [-0.2, 0) is 0 Å². The highest BCUT2D eigenvalue weighted by molar-refractivity contribution is 6.44. The van der Waals surface area contributed by atoms with Crippen molar-refractivity contribution in [2.45, 2.75) is 13.8 Å². The summed E-state index contributed by atoms with van der Waals surface area (Å²) in [6.07, 6.45) is 0. The molecule has 0 radical (unpaired) electrons.